The summed E-state index contributed by atoms with van der Waals surface area (Å²) in [6.07, 6.45) is 1.25. The van der Waals surface area contributed by atoms with Gasteiger partial charge in [0.25, 0.3) is 0 Å². The Morgan fingerprint density at radius 3 is 2.44 bits per heavy atom. The van der Waals surface area contributed by atoms with Crippen LogP contribution in [0.3, 0.4) is 0 Å². The highest BCUT2D eigenvalue weighted by Crippen LogP contribution is 2.47. The number of aryl methyl sites for hydroxylation is 1. The summed E-state index contributed by atoms with van der Waals surface area (Å²) in [6.45, 7) is 4.54. The fourth-order valence-electron chi connectivity index (χ4n) is 5.02. The van der Waals surface area contributed by atoms with Crippen molar-refractivity contribution >= 4 is 17.2 Å². The quantitative estimate of drug-likeness (QED) is 0.468. The van der Waals surface area contributed by atoms with Gasteiger partial charge >= 0.3 is 0 Å². The Bertz CT molecular complexity index is 1250. The molecule has 0 bridgehead atoms. The zero-order chi connectivity index (χ0) is 23.7. The second kappa shape index (κ2) is 9.26. The van der Waals surface area contributed by atoms with Gasteiger partial charge in [0.2, 0.25) is 0 Å². The fourth-order valence-corrected chi connectivity index (χ4v) is 5.02. The number of allylic oxidation sites excluding steroid dienone is 1. The predicted octanol–water partition coefficient (Wildman–Crippen LogP) is 6.38. The number of anilines is 2. The standard InChI is InChI=1S/C29H30N2O3/c1-4-34-29-21(8-7-11-26(29)33-3)28-27-24(30-22-9-5-6-10-23(22)31-28)16-20(17-25(27)32)19-14-12-18(2)13-15-19/h5-15,20,28,30-31H,4,16-17H2,1-3H3. The van der Waals surface area contributed by atoms with E-state index in [1.807, 2.05) is 49.4 Å². The number of fused-ring (bicyclic) bond motifs is 1. The second-order valence-corrected chi connectivity index (χ2v) is 8.89. The van der Waals surface area contributed by atoms with E-state index in [1.165, 1.54) is 11.1 Å². The van der Waals surface area contributed by atoms with Crippen molar-refractivity contribution in [1.82, 2.24) is 0 Å². The van der Waals surface area contributed by atoms with E-state index in [0.717, 1.165) is 34.6 Å². The largest absolute Gasteiger partial charge is 0.493 e. The Morgan fingerprint density at radius 2 is 1.71 bits per heavy atom. The van der Waals surface area contributed by atoms with Crippen LogP contribution in [0.25, 0.3) is 0 Å². The maximum absolute atomic E-state index is 13.8. The van der Waals surface area contributed by atoms with Crippen molar-refractivity contribution in [2.24, 2.45) is 0 Å². The highest BCUT2D eigenvalue weighted by molar-refractivity contribution is 6.01. The van der Waals surface area contributed by atoms with Gasteiger partial charge in [-0.1, -0.05) is 54.1 Å². The van der Waals surface area contributed by atoms with Crippen LogP contribution < -0.4 is 20.1 Å². The minimum atomic E-state index is -0.353. The zero-order valence-electron chi connectivity index (χ0n) is 19.9. The monoisotopic (exact) mass is 454 g/mol. The number of carbonyl (C=O) groups is 1. The summed E-state index contributed by atoms with van der Waals surface area (Å²) in [7, 11) is 1.64. The third-order valence-electron chi connectivity index (χ3n) is 6.69. The lowest BCUT2D eigenvalue weighted by Crippen LogP contribution is -2.27. The van der Waals surface area contributed by atoms with E-state index in [0.29, 0.717) is 24.5 Å². The van der Waals surface area contributed by atoms with Gasteiger partial charge in [0.05, 0.1) is 31.1 Å². The molecule has 5 rings (SSSR count). The number of ether oxygens (including phenoxy) is 2. The number of methoxy groups -OCH3 is 1. The molecule has 0 spiro atoms. The minimum absolute atomic E-state index is 0.141. The summed E-state index contributed by atoms with van der Waals surface area (Å²) < 4.78 is 11.6. The van der Waals surface area contributed by atoms with E-state index in [2.05, 4.69) is 41.8 Å². The Kier molecular flexibility index (Phi) is 6.01. The molecule has 1 aliphatic carbocycles. The topological polar surface area (TPSA) is 59.6 Å². The molecule has 1 aliphatic heterocycles. The molecule has 0 radical (unpaired) electrons. The summed E-state index contributed by atoms with van der Waals surface area (Å²) in [5.74, 6) is 1.62. The number of ketones is 1. The molecule has 0 saturated carbocycles. The van der Waals surface area contributed by atoms with E-state index in [9.17, 15) is 4.79 Å². The van der Waals surface area contributed by atoms with Crippen molar-refractivity contribution in [3.63, 3.8) is 0 Å². The van der Waals surface area contributed by atoms with Gasteiger partial charge < -0.3 is 20.1 Å². The molecule has 174 valence electrons. The molecule has 0 aromatic heterocycles. The molecular weight excluding hydrogens is 424 g/mol. The summed E-state index contributed by atoms with van der Waals surface area (Å²) >= 11 is 0. The van der Waals surface area contributed by atoms with Gasteiger partial charge in [0.15, 0.2) is 17.3 Å². The van der Waals surface area contributed by atoms with Gasteiger partial charge in [-0.05, 0) is 49.9 Å². The van der Waals surface area contributed by atoms with Gasteiger partial charge in [-0.2, -0.15) is 0 Å². The van der Waals surface area contributed by atoms with Gasteiger partial charge in [-0.25, -0.2) is 0 Å². The lowest BCUT2D eigenvalue weighted by molar-refractivity contribution is -0.116. The molecule has 34 heavy (non-hydrogen) atoms. The van der Waals surface area contributed by atoms with Crippen LogP contribution in [0.5, 0.6) is 11.5 Å². The Balaban J connectivity index is 1.64. The molecule has 2 N–H and O–H groups in total. The van der Waals surface area contributed by atoms with Gasteiger partial charge in [-0.15, -0.1) is 0 Å². The number of carbonyl (C=O) groups excluding carboxylic acids is 1. The molecule has 2 atom stereocenters. The molecule has 2 aliphatic rings. The molecule has 5 heteroatoms. The molecule has 0 amide bonds. The number of nitrogens with one attached hydrogen (secondary N) is 2. The van der Waals surface area contributed by atoms with Crippen molar-refractivity contribution in [2.75, 3.05) is 24.4 Å². The number of rotatable bonds is 5. The van der Waals surface area contributed by atoms with Crippen LogP contribution in [0.2, 0.25) is 0 Å². The first kappa shape index (κ1) is 22.1. The first-order valence-electron chi connectivity index (χ1n) is 11.8. The maximum Gasteiger partial charge on any atom is 0.166 e. The van der Waals surface area contributed by atoms with E-state index in [4.69, 9.17) is 9.47 Å². The van der Waals surface area contributed by atoms with Crippen molar-refractivity contribution in [1.29, 1.82) is 0 Å². The molecule has 3 aromatic rings. The van der Waals surface area contributed by atoms with Gasteiger partial charge in [-0.3, -0.25) is 4.79 Å². The normalized spacial score (nSPS) is 19.3. The average molecular weight is 455 g/mol. The van der Waals surface area contributed by atoms with Gasteiger partial charge in [0, 0.05) is 23.3 Å². The van der Waals surface area contributed by atoms with Crippen LogP contribution in [0.4, 0.5) is 11.4 Å². The van der Waals surface area contributed by atoms with E-state index in [1.54, 1.807) is 7.11 Å². The smallest absolute Gasteiger partial charge is 0.166 e. The van der Waals surface area contributed by atoms with Crippen LogP contribution in [-0.4, -0.2) is 19.5 Å². The Morgan fingerprint density at radius 1 is 0.941 bits per heavy atom. The third kappa shape index (κ3) is 4.03. The van der Waals surface area contributed by atoms with Crippen LogP contribution >= 0.6 is 0 Å². The lowest BCUT2D eigenvalue weighted by Gasteiger charge is -2.30. The summed E-state index contributed by atoms with van der Waals surface area (Å²) in [4.78, 5) is 13.8. The van der Waals surface area contributed by atoms with Crippen molar-refractivity contribution < 1.29 is 14.3 Å². The molecular formula is C29H30N2O3. The highest BCUT2D eigenvalue weighted by Gasteiger charge is 2.37. The first-order valence-corrected chi connectivity index (χ1v) is 11.8. The first-order chi connectivity index (χ1) is 16.6. The molecule has 0 fully saturated rings. The molecule has 1 heterocycles. The van der Waals surface area contributed by atoms with Crippen LogP contribution in [-0.2, 0) is 4.79 Å². The minimum Gasteiger partial charge on any atom is -0.493 e. The molecule has 2 unspecified atom stereocenters. The zero-order valence-corrected chi connectivity index (χ0v) is 19.9. The Hall–Kier alpha value is -3.73. The molecule has 3 aromatic carbocycles. The number of hydrogen-bond acceptors (Lipinski definition) is 5. The molecule has 5 nitrogen and oxygen atoms in total. The van der Waals surface area contributed by atoms with Crippen molar-refractivity contribution in [3.05, 3.63) is 94.7 Å². The van der Waals surface area contributed by atoms with E-state index < -0.39 is 0 Å². The van der Waals surface area contributed by atoms with Crippen LogP contribution in [0, 0.1) is 6.92 Å². The number of benzene rings is 3. The second-order valence-electron chi connectivity index (χ2n) is 8.89. The van der Waals surface area contributed by atoms with Crippen LogP contribution in [0.15, 0.2) is 78.0 Å². The lowest BCUT2D eigenvalue weighted by atomic mass is 9.78. The average Bonchev–Trinajstić information content (AvgIpc) is 3.01. The fraction of sp³-hybridized carbons (Fsp3) is 0.276. The van der Waals surface area contributed by atoms with E-state index in [-0.39, 0.29) is 17.7 Å². The predicted molar refractivity (Wildman–Crippen MR) is 136 cm³/mol. The number of para-hydroxylation sites is 3. The van der Waals surface area contributed by atoms with Crippen molar-refractivity contribution in [3.8, 4) is 11.5 Å². The summed E-state index contributed by atoms with van der Waals surface area (Å²) in [6, 6.07) is 22.1. The Labute approximate surface area is 200 Å². The third-order valence-corrected chi connectivity index (χ3v) is 6.69. The number of hydrogen-bond donors (Lipinski definition) is 2. The highest BCUT2D eigenvalue weighted by atomic mass is 16.5. The summed E-state index contributed by atoms with van der Waals surface area (Å²) in [5, 5.41) is 7.25. The van der Waals surface area contributed by atoms with E-state index >= 15 is 0 Å². The summed E-state index contributed by atoms with van der Waals surface area (Å²) in [5.41, 5.74) is 6.98. The molecule has 0 saturated heterocycles. The SMILES string of the molecule is CCOc1c(OC)cccc1C1Nc2ccccc2NC2=C1C(=O)CC(c1ccc(C)cc1)C2. The van der Waals surface area contributed by atoms with Gasteiger partial charge in [0.1, 0.15) is 0 Å². The van der Waals surface area contributed by atoms with Crippen LogP contribution in [0.1, 0.15) is 48.4 Å². The maximum atomic E-state index is 13.8. The number of Topliss-reactive ketones (excluding diaryl/α,β-unsaturated/α-hetero) is 1. The van der Waals surface area contributed by atoms with Crippen molar-refractivity contribution in [2.45, 2.75) is 38.6 Å².